The number of sulfone groups is 1. The van der Waals surface area contributed by atoms with E-state index >= 15 is 0 Å². The molecule has 0 atom stereocenters. The van der Waals surface area contributed by atoms with Gasteiger partial charge in [-0.15, -0.1) is 0 Å². The number of benzene rings is 2. The summed E-state index contributed by atoms with van der Waals surface area (Å²) < 4.78 is 23.9. The van der Waals surface area contributed by atoms with Crippen molar-refractivity contribution in [2.75, 3.05) is 0 Å². The lowest BCUT2D eigenvalue weighted by atomic mass is 10.0. The van der Waals surface area contributed by atoms with Crippen LogP contribution in [0.1, 0.15) is 35.3 Å². The van der Waals surface area contributed by atoms with Gasteiger partial charge >= 0.3 is 0 Å². The van der Waals surface area contributed by atoms with E-state index in [-0.39, 0.29) is 18.0 Å². The molecule has 0 bridgehead atoms. The van der Waals surface area contributed by atoms with E-state index in [0.29, 0.717) is 26.7 Å². The number of hydrogen-bond acceptors (Lipinski definition) is 3. The largest absolute Gasteiger partial charge is 0.294 e. The van der Waals surface area contributed by atoms with Gasteiger partial charge in [0.25, 0.3) is 0 Å². The van der Waals surface area contributed by atoms with Gasteiger partial charge in [0.15, 0.2) is 15.6 Å². The van der Waals surface area contributed by atoms with Crippen molar-refractivity contribution in [3.8, 4) is 0 Å². The Morgan fingerprint density at radius 3 is 2.21 bits per heavy atom. The number of ketones is 1. The van der Waals surface area contributed by atoms with E-state index < -0.39 is 15.1 Å². The first kappa shape index (κ1) is 19.0. The molecule has 6 heteroatoms. The van der Waals surface area contributed by atoms with E-state index in [1.165, 1.54) is 0 Å². The monoisotopic (exact) mass is 384 g/mol. The quantitative estimate of drug-likeness (QED) is 0.675. The molecule has 0 spiro atoms. The molecule has 2 rings (SSSR count). The van der Waals surface area contributed by atoms with Crippen molar-refractivity contribution < 1.29 is 13.2 Å². The van der Waals surface area contributed by atoms with Crippen molar-refractivity contribution in [1.82, 2.24) is 0 Å². The summed E-state index contributed by atoms with van der Waals surface area (Å²) in [6, 6.07) is 11.7. The summed E-state index contributed by atoms with van der Waals surface area (Å²) in [6.07, 6.45) is 0.166. The molecule has 0 saturated heterocycles. The SMILES string of the molecule is CC(C)S(=O)(=O)Cc1ccc(C(=O)Cc2ccc(Cl)cc2Cl)cc1. The normalized spacial score (nSPS) is 11.7. The zero-order valence-electron chi connectivity index (χ0n) is 13.4. The Balaban J connectivity index is 2.11. The summed E-state index contributed by atoms with van der Waals surface area (Å²) in [5, 5.41) is 0.549. The van der Waals surface area contributed by atoms with Crippen LogP contribution in [0.4, 0.5) is 0 Å². The Hall–Kier alpha value is -1.36. The molecular formula is C18H18Cl2O3S. The average Bonchev–Trinajstić information content (AvgIpc) is 2.50. The fourth-order valence-corrected chi connectivity index (χ4v) is 3.59. The number of hydrogen-bond donors (Lipinski definition) is 0. The van der Waals surface area contributed by atoms with Crippen molar-refractivity contribution in [2.24, 2.45) is 0 Å². The zero-order chi connectivity index (χ0) is 17.9. The Labute approximate surface area is 152 Å². The van der Waals surface area contributed by atoms with E-state index in [0.717, 1.165) is 0 Å². The van der Waals surface area contributed by atoms with Crippen LogP contribution in [0.15, 0.2) is 42.5 Å². The topological polar surface area (TPSA) is 51.2 Å². The van der Waals surface area contributed by atoms with Crippen LogP contribution in [0.5, 0.6) is 0 Å². The van der Waals surface area contributed by atoms with Crippen LogP contribution < -0.4 is 0 Å². The molecule has 24 heavy (non-hydrogen) atoms. The van der Waals surface area contributed by atoms with Crippen LogP contribution >= 0.6 is 23.2 Å². The lowest BCUT2D eigenvalue weighted by Crippen LogP contribution is -2.16. The second-order valence-corrected chi connectivity index (χ2v) is 9.29. The molecular weight excluding hydrogens is 367 g/mol. The van der Waals surface area contributed by atoms with E-state index in [1.807, 2.05) is 0 Å². The van der Waals surface area contributed by atoms with Crippen LogP contribution in [0, 0.1) is 0 Å². The lowest BCUT2D eigenvalue weighted by molar-refractivity contribution is 0.0993. The molecule has 0 aromatic heterocycles. The molecule has 0 aliphatic rings. The van der Waals surface area contributed by atoms with Crippen LogP contribution in [-0.2, 0) is 22.0 Å². The van der Waals surface area contributed by atoms with Gasteiger partial charge in [0.05, 0.1) is 11.0 Å². The summed E-state index contributed by atoms with van der Waals surface area (Å²) in [4.78, 5) is 12.3. The van der Waals surface area contributed by atoms with Crippen molar-refractivity contribution in [3.63, 3.8) is 0 Å². The molecule has 3 nitrogen and oxygen atoms in total. The van der Waals surface area contributed by atoms with E-state index in [9.17, 15) is 13.2 Å². The average molecular weight is 385 g/mol. The second kappa shape index (κ2) is 7.68. The molecule has 0 saturated carbocycles. The Kier molecular flexibility index (Phi) is 6.07. The molecule has 0 aliphatic heterocycles. The van der Waals surface area contributed by atoms with Gasteiger partial charge in [0.2, 0.25) is 0 Å². The minimum absolute atomic E-state index is 0.0256. The third-order valence-corrected chi connectivity index (χ3v) is 6.49. The highest BCUT2D eigenvalue weighted by atomic mass is 35.5. The first-order valence-corrected chi connectivity index (χ1v) is 9.94. The minimum atomic E-state index is -3.16. The molecule has 0 radical (unpaired) electrons. The summed E-state index contributed by atoms with van der Waals surface area (Å²) >= 11 is 11.9. The van der Waals surface area contributed by atoms with Crippen LogP contribution in [0.2, 0.25) is 10.0 Å². The maximum Gasteiger partial charge on any atom is 0.167 e. The van der Waals surface area contributed by atoms with Gasteiger partial charge in [0.1, 0.15) is 0 Å². The third kappa shape index (κ3) is 4.82. The maximum absolute atomic E-state index is 12.3. The second-order valence-electron chi connectivity index (χ2n) is 5.89. The molecule has 0 fully saturated rings. The first-order valence-electron chi connectivity index (χ1n) is 7.46. The Morgan fingerprint density at radius 2 is 1.67 bits per heavy atom. The molecule has 0 amide bonds. The standard InChI is InChI=1S/C18H18Cl2O3S/c1-12(2)24(22,23)11-13-3-5-14(6-4-13)18(21)9-15-7-8-16(19)10-17(15)20/h3-8,10,12H,9,11H2,1-2H3. The fourth-order valence-electron chi connectivity index (χ4n) is 2.13. The maximum atomic E-state index is 12.3. The summed E-state index contributed by atoms with van der Waals surface area (Å²) in [5.74, 6) is -0.111. The van der Waals surface area contributed by atoms with Crippen molar-refractivity contribution >= 4 is 38.8 Å². The molecule has 0 unspecified atom stereocenters. The van der Waals surface area contributed by atoms with Crippen LogP contribution in [0.25, 0.3) is 0 Å². The van der Waals surface area contributed by atoms with Gasteiger partial charge in [-0.25, -0.2) is 8.42 Å². The number of halogens is 2. The van der Waals surface area contributed by atoms with E-state index in [4.69, 9.17) is 23.2 Å². The van der Waals surface area contributed by atoms with Gasteiger partial charge in [-0.05, 0) is 37.1 Å². The number of rotatable bonds is 6. The molecule has 0 N–H and O–H groups in total. The molecule has 0 aliphatic carbocycles. The van der Waals surface area contributed by atoms with Crippen LogP contribution in [0.3, 0.4) is 0 Å². The number of Topliss-reactive ketones (excluding diaryl/α,β-unsaturated/α-hetero) is 1. The summed E-state index contributed by atoms with van der Waals surface area (Å²) in [6.45, 7) is 3.31. The van der Waals surface area contributed by atoms with Crippen molar-refractivity contribution in [3.05, 3.63) is 69.2 Å². The summed E-state index contributed by atoms with van der Waals surface area (Å²) in [7, 11) is -3.16. The van der Waals surface area contributed by atoms with Gasteiger partial charge in [-0.3, -0.25) is 4.79 Å². The van der Waals surface area contributed by atoms with E-state index in [2.05, 4.69) is 0 Å². The third-order valence-electron chi connectivity index (χ3n) is 3.73. The molecule has 0 heterocycles. The molecule has 128 valence electrons. The Morgan fingerprint density at radius 1 is 1.04 bits per heavy atom. The first-order chi connectivity index (χ1) is 11.2. The zero-order valence-corrected chi connectivity index (χ0v) is 15.8. The van der Waals surface area contributed by atoms with Crippen LogP contribution in [-0.4, -0.2) is 19.5 Å². The highest BCUT2D eigenvalue weighted by Gasteiger charge is 2.17. The predicted octanol–water partition coefficient (Wildman–Crippen LogP) is 4.74. The van der Waals surface area contributed by atoms with Gasteiger partial charge in [-0.1, -0.05) is 53.5 Å². The lowest BCUT2D eigenvalue weighted by Gasteiger charge is -2.08. The smallest absolute Gasteiger partial charge is 0.167 e. The number of carbonyl (C=O) groups excluding carboxylic acids is 1. The van der Waals surface area contributed by atoms with Crippen molar-refractivity contribution in [1.29, 1.82) is 0 Å². The van der Waals surface area contributed by atoms with Gasteiger partial charge in [0, 0.05) is 22.0 Å². The Bertz CT molecular complexity index is 841. The molecule has 2 aromatic rings. The molecule has 2 aromatic carbocycles. The predicted molar refractivity (Wildman–Crippen MR) is 98.7 cm³/mol. The fraction of sp³-hybridized carbons (Fsp3) is 0.278. The van der Waals surface area contributed by atoms with Gasteiger partial charge < -0.3 is 0 Å². The highest BCUT2D eigenvalue weighted by Crippen LogP contribution is 2.22. The highest BCUT2D eigenvalue weighted by molar-refractivity contribution is 7.91. The number of carbonyl (C=O) groups is 1. The minimum Gasteiger partial charge on any atom is -0.294 e. The van der Waals surface area contributed by atoms with E-state index in [1.54, 1.807) is 56.3 Å². The van der Waals surface area contributed by atoms with Crippen molar-refractivity contribution in [2.45, 2.75) is 31.3 Å². The van der Waals surface area contributed by atoms with Gasteiger partial charge in [-0.2, -0.15) is 0 Å². The summed E-state index contributed by atoms with van der Waals surface area (Å²) in [5.41, 5.74) is 1.90.